The number of alkyl carbamates (subject to hydrolysis) is 1. The van der Waals surface area contributed by atoms with Crippen molar-refractivity contribution in [2.24, 2.45) is 11.3 Å². The second kappa shape index (κ2) is 9.87. The lowest BCUT2D eigenvalue weighted by Crippen LogP contribution is -2.52. The van der Waals surface area contributed by atoms with Crippen LogP contribution in [0.4, 0.5) is 4.79 Å². The number of amides is 2. The van der Waals surface area contributed by atoms with Crippen molar-refractivity contribution in [1.29, 1.82) is 0 Å². The number of carboxylic acid groups (broad SMARTS) is 1. The summed E-state index contributed by atoms with van der Waals surface area (Å²) < 4.78 is 5.66. The Bertz CT molecular complexity index is 1040. The highest BCUT2D eigenvalue weighted by atomic mass is 16.5. The van der Waals surface area contributed by atoms with E-state index in [9.17, 15) is 19.5 Å². The number of fused-ring (bicyclic) bond motifs is 3. The van der Waals surface area contributed by atoms with Crippen LogP contribution in [0.5, 0.6) is 0 Å². The monoisotopic (exact) mass is 464 g/mol. The zero-order chi connectivity index (χ0) is 24.3. The molecule has 2 aliphatic carbocycles. The van der Waals surface area contributed by atoms with Crippen LogP contribution >= 0.6 is 0 Å². The molecule has 3 unspecified atom stereocenters. The topological polar surface area (TPSA) is 105 Å². The molecule has 0 radical (unpaired) electrons. The Kier molecular flexibility index (Phi) is 6.91. The summed E-state index contributed by atoms with van der Waals surface area (Å²) in [5, 5.41) is 14.9. The number of carbonyl (C=O) groups is 3. The van der Waals surface area contributed by atoms with E-state index in [4.69, 9.17) is 4.74 Å². The molecule has 180 valence electrons. The summed E-state index contributed by atoms with van der Waals surface area (Å²) in [5.41, 5.74) is 3.82. The highest BCUT2D eigenvalue weighted by molar-refractivity contribution is 5.85. The Morgan fingerprint density at radius 3 is 2.29 bits per heavy atom. The first-order valence-corrected chi connectivity index (χ1v) is 12.0. The third kappa shape index (κ3) is 4.52. The third-order valence-electron chi connectivity index (χ3n) is 7.46. The van der Waals surface area contributed by atoms with Gasteiger partial charge >= 0.3 is 12.1 Å². The minimum Gasteiger partial charge on any atom is -0.481 e. The summed E-state index contributed by atoms with van der Waals surface area (Å²) in [5.74, 6) is -1.80. The lowest BCUT2D eigenvalue weighted by atomic mass is 9.83. The molecule has 7 heteroatoms. The molecule has 2 amide bonds. The van der Waals surface area contributed by atoms with E-state index >= 15 is 0 Å². The largest absolute Gasteiger partial charge is 0.481 e. The molecule has 0 saturated heterocycles. The normalized spacial score (nSPS) is 21.9. The number of nitrogens with one attached hydrogen (secondary N) is 2. The maximum Gasteiger partial charge on any atom is 0.407 e. The van der Waals surface area contributed by atoms with E-state index < -0.39 is 23.4 Å². The van der Waals surface area contributed by atoms with Crippen LogP contribution in [0.3, 0.4) is 0 Å². The minimum atomic E-state index is -0.923. The lowest BCUT2D eigenvalue weighted by molar-refractivity contribution is -0.142. The van der Waals surface area contributed by atoms with Gasteiger partial charge in [-0.15, -0.1) is 0 Å². The van der Waals surface area contributed by atoms with Gasteiger partial charge in [-0.05, 0) is 48.4 Å². The second-order valence-corrected chi connectivity index (χ2v) is 9.49. The third-order valence-corrected chi connectivity index (χ3v) is 7.46. The number of aliphatic carboxylic acids is 1. The van der Waals surface area contributed by atoms with Crippen LogP contribution in [0.1, 0.15) is 56.6 Å². The van der Waals surface area contributed by atoms with Crippen LogP contribution < -0.4 is 10.6 Å². The van der Waals surface area contributed by atoms with E-state index in [1.807, 2.05) is 31.2 Å². The van der Waals surface area contributed by atoms with Crippen LogP contribution in [0.25, 0.3) is 11.1 Å². The fourth-order valence-corrected chi connectivity index (χ4v) is 5.28. The number of rotatable bonds is 8. The maximum atomic E-state index is 12.9. The first kappa shape index (κ1) is 23.8. The van der Waals surface area contributed by atoms with Gasteiger partial charge in [0, 0.05) is 18.5 Å². The molecule has 1 saturated carbocycles. The Morgan fingerprint density at radius 1 is 1.09 bits per heavy atom. The minimum absolute atomic E-state index is 0.0293. The van der Waals surface area contributed by atoms with Crippen molar-refractivity contribution in [2.75, 3.05) is 13.2 Å². The predicted molar refractivity (Wildman–Crippen MR) is 128 cm³/mol. The molecule has 2 aromatic rings. The molecule has 3 atom stereocenters. The van der Waals surface area contributed by atoms with Crippen molar-refractivity contribution in [3.63, 3.8) is 0 Å². The summed E-state index contributed by atoms with van der Waals surface area (Å²) in [6.07, 6.45) is 1.99. The lowest BCUT2D eigenvalue weighted by Gasteiger charge is -2.31. The molecule has 0 aromatic heterocycles. The number of hydrogen-bond acceptors (Lipinski definition) is 4. The molecule has 0 bridgehead atoms. The summed E-state index contributed by atoms with van der Waals surface area (Å²) in [7, 11) is 0. The Hall–Kier alpha value is -3.35. The number of benzene rings is 2. The van der Waals surface area contributed by atoms with Crippen LogP contribution in [0, 0.1) is 11.3 Å². The highest BCUT2D eigenvalue weighted by Gasteiger charge is 2.46. The van der Waals surface area contributed by atoms with E-state index in [2.05, 4.69) is 34.9 Å². The zero-order valence-corrected chi connectivity index (χ0v) is 19.7. The van der Waals surface area contributed by atoms with Gasteiger partial charge in [-0.3, -0.25) is 9.59 Å². The maximum absolute atomic E-state index is 12.9. The summed E-state index contributed by atoms with van der Waals surface area (Å²) in [6.45, 7) is 3.90. The fourth-order valence-electron chi connectivity index (χ4n) is 5.28. The first-order valence-electron chi connectivity index (χ1n) is 12.0. The van der Waals surface area contributed by atoms with Crippen LogP contribution in [0.15, 0.2) is 48.5 Å². The van der Waals surface area contributed by atoms with Crippen molar-refractivity contribution < 1.29 is 24.2 Å². The van der Waals surface area contributed by atoms with E-state index in [1.54, 1.807) is 6.92 Å². The van der Waals surface area contributed by atoms with Crippen LogP contribution in [-0.2, 0) is 14.3 Å². The predicted octanol–water partition coefficient (Wildman–Crippen LogP) is 4.31. The molecule has 0 heterocycles. The van der Waals surface area contributed by atoms with E-state index in [0.717, 1.165) is 17.5 Å². The summed E-state index contributed by atoms with van der Waals surface area (Å²) in [4.78, 5) is 37.0. The molecule has 2 aromatic carbocycles. The van der Waals surface area contributed by atoms with Crippen molar-refractivity contribution in [3.05, 3.63) is 59.7 Å². The number of ether oxygens (including phenoxy) is 1. The van der Waals surface area contributed by atoms with Crippen molar-refractivity contribution in [1.82, 2.24) is 10.6 Å². The first-order chi connectivity index (χ1) is 16.3. The summed E-state index contributed by atoms with van der Waals surface area (Å²) >= 11 is 0. The summed E-state index contributed by atoms with van der Waals surface area (Å²) in [6, 6.07) is 16.0. The number of carboxylic acids is 1. The van der Waals surface area contributed by atoms with E-state index in [-0.39, 0.29) is 31.0 Å². The smallest absolute Gasteiger partial charge is 0.407 e. The van der Waals surface area contributed by atoms with Gasteiger partial charge in [0.25, 0.3) is 0 Å². The van der Waals surface area contributed by atoms with Gasteiger partial charge in [0.1, 0.15) is 6.61 Å². The van der Waals surface area contributed by atoms with Gasteiger partial charge in [0.15, 0.2) is 0 Å². The standard InChI is InChI=1S/C27H32N2O5/c1-3-17(24(30)31)15-28-25(32)27(2)14-8-13-23(27)29-26(33)34-16-22-20-11-6-4-9-18(20)19-10-5-7-12-21(19)22/h4-7,9-12,17,22-23H,3,8,13-16H2,1-2H3,(H,28,32)(H,29,33)(H,30,31). The second-order valence-electron chi connectivity index (χ2n) is 9.49. The zero-order valence-electron chi connectivity index (χ0n) is 19.7. The Morgan fingerprint density at radius 2 is 1.71 bits per heavy atom. The van der Waals surface area contributed by atoms with Crippen LogP contribution in [-0.4, -0.2) is 42.3 Å². The fraction of sp³-hybridized carbons (Fsp3) is 0.444. The van der Waals surface area contributed by atoms with Gasteiger partial charge in [-0.25, -0.2) is 4.79 Å². The highest BCUT2D eigenvalue weighted by Crippen LogP contribution is 2.44. The average Bonchev–Trinajstić information content (AvgIpc) is 3.36. The number of hydrogen-bond donors (Lipinski definition) is 3. The van der Waals surface area contributed by atoms with Crippen molar-refractivity contribution >= 4 is 18.0 Å². The number of carbonyl (C=O) groups excluding carboxylic acids is 2. The molecule has 1 fully saturated rings. The van der Waals surface area contributed by atoms with Gasteiger partial charge in [-0.2, -0.15) is 0 Å². The molecule has 3 N–H and O–H groups in total. The quantitative estimate of drug-likeness (QED) is 0.540. The SMILES string of the molecule is CCC(CNC(=O)C1(C)CCCC1NC(=O)OCC1c2ccccc2-c2ccccc21)C(=O)O. The average molecular weight is 465 g/mol. The van der Waals surface area contributed by atoms with E-state index in [0.29, 0.717) is 19.3 Å². The van der Waals surface area contributed by atoms with Gasteiger partial charge in [-0.1, -0.05) is 61.9 Å². The van der Waals surface area contributed by atoms with E-state index in [1.165, 1.54) is 11.1 Å². The van der Waals surface area contributed by atoms with Gasteiger partial charge < -0.3 is 20.5 Å². The molecule has 2 aliphatic rings. The van der Waals surface area contributed by atoms with Crippen LogP contribution in [0.2, 0.25) is 0 Å². The van der Waals surface area contributed by atoms with Gasteiger partial charge in [0.05, 0.1) is 11.3 Å². The molecule has 0 aliphatic heterocycles. The molecular formula is C27H32N2O5. The van der Waals surface area contributed by atoms with Crippen molar-refractivity contribution in [2.45, 2.75) is 51.5 Å². The molecule has 34 heavy (non-hydrogen) atoms. The van der Waals surface area contributed by atoms with Crippen molar-refractivity contribution in [3.8, 4) is 11.1 Å². The Labute approximate surface area is 199 Å². The Balaban J connectivity index is 1.37. The molecular weight excluding hydrogens is 432 g/mol. The van der Waals surface area contributed by atoms with Gasteiger partial charge in [0.2, 0.25) is 5.91 Å². The molecule has 0 spiro atoms. The molecule has 4 rings (SSSR count). The molecule has 7 nitrogen and oxygen atoms in total.